The molecule has 1 amide bonds. The van der Waals surface area contributed by atoms with Gasteiger partial charge in [-0.3, -0.25) is 4.79 Å². The highest BCUT2D eigenvalue weighted by Gasteiger charge is 2.27. The molecule has 2 N–H and O–H groups in total. The van der Waals surface area contributed by atoms with Gasteiger partial charge in [-0.1, -0.05) is 0 Å². The minimum absolute atomic E-state index is 0.122. The van der Waals surface area contributed by atoms with E-state index in [-0.39, 0.29) is 18.0 Å². The highest BCUT2D eigenvalue weighted by atomic mass is 19.1. The van der Waals surface area contributed by atoms with Crippen LogP contribution in [0.15, 0.2) is 18.3 Å². The van der Waals surface area contributed by atoms with Gasteiger partial charge in [0.15, 0.2) is 0 Å². The van der Waals surface area contributed by atoms with Crippen molar-refractivity contribution in [2.45, 2.75) is 44.7 Å². The summed E-state index contributed by atoms with van der Waals surface area (Å²) in [4.78, 5) is 18.1. The first-order chi connectivity index (χ1) is 9.11. The molecule has 1 aliphatic rings. The summed E-state index contributed by atoms with van der Waals surface area (Å²) in [6, 6.07) is 3.19. The van der Waals surface area contributed by atoms with Crippen LogP contribution in [0, 0.1) is 5.82 Å². The third-order valence-electron chi connectivity index (χ3n) is 3.73. The summed E-state index contributed by atoms with van der Waals surface area (Å²) in [6.07, 6.45) is 4.85. The van der Waals surface area contributed by atoms with Crippen molar-refractivity contribution in [1.29, 1.82) is 0 Å². The molecule has 5 heteroatoms. The van der Waals surface area contributed by atoms with Crippen molar-refractivity contribution in [1.82, 2.24) is 9.88 Å². The Bertz CT molecular complexity index is 427. The molecule has 2 rings (SSSR count). The third kappa shape index (κ3) is 3.29. The average Bonchev–Trinajstić information content (AvgIpc) is 2.42. The Balaban J connectivity index is 2.08. The van der Waals surface area contributed by atoms with E-state index >= 15 is 0 Å². The Labute approximate surface area is 112 Å². The molecule has 1 saturated carbocycles. The topological polar surface area (TPSA) is 59.2 Å². The number of carbonyl (C=O) groups is 1. The number of nitrogens with zero attached hydrogens (tertiary/aromatic N) is 2. The molecule has 0 saturated heterocycles. The first kappa shape index (κ1) is 13.9. The lowest BCUT2D eigenvalue weighted by Gasteiger charge is -2.35. The zero-order valence-electron chi connectivity index (χ0n) is 11.2. The van der Waals surface area contributed by atoms with Crippen molar-refractivity contribution in [3.8, 4) is 0 Å². The van der Waals surface area contributed by atoms with Crippen LogP contribution in [0.3, 0.4) is 0 Å². The lowest BCUT2D eigenvalue weighted by molar-refractivity contribution is 0.0634. The van der Waals surface area contributed by atoms with E-state index in [1.54, 1.807) is 0 Å². The zero-order valence-corrected chi connectivity index (χ0v) is 11.2. The first-order valence-corrected chi connectivity index (χ1v) is 6.80. The SMILES string of the molecule is CCN(C(=O)c1ccc(F)cn1)C1CCC(N)CC1. The quantitative estimate of drug-likeness (QED) is 0.908. The fourth-order valence-electron chi connectivity index (χ4n) is 2.63. The Hall–Kier alpha value is -1.49. The Morgan fingerprint density at radius 3 is 2.63 bits per heavy atom. The van der Waals surface area contributed by atoms with E-state index in [0.717, 1.165) is 31.9 Å². The molecule has 1 aliphatic carbocycles. The van der Waals surface area contributed by atoms with Gasteiger partial charge in [-0.2, -0.15) is 0 Å². The van der Waals surface area contributed by atoms with Gasteiger partial charge in [-0.25, -0.2) is 9.37 Å². The van der Waals surface area contributed by atoms with Gasteiger partial charge < -0.3 is 10.6 Å². The van der Waals surface area contributed by atoms with Crippen LogP contribution >= 0.6 is 0 Å². The molecule has 0 atom stereocenters. The highest BCUT2D eigenvalue weighted by molar-refractivity contribution is 5.92. The lowest BCUT2D eigenvalue weighted by atomic mass is 9.90. The monoisotopic (exact) mass is 265 g/mol. The number of carbonyl (C=O) groups excluding carboxylic acids is 1. The number of nitrogens with two attached hydrogens (primary N) is 1. The summed E-state index contributed by atoms with van der Waals surface area (Å²) < 4.78 is 12.8. The number of hydrogen-bond donors (Lipinski definition) is 1. The largest absolute Gasteiger partial charge is 0.335 e. The van der Waals surface area contributed by atoms with Crippen molar-refractivity contribution in [2.75, 3.05) is 6.54 Å². The Morgan fingerprint density at radius 1 is 1.42 bits per heavy atom. The number of hydrogen-bond acceptors (Lipinski definition) is 3. The summed E-state index contributed by atoms with van der Waals surface area (Å²) in [5.74, 6) is -0.550. The van der Waals surface area contributed by atoms with E-state index in [9.17, 15) is 9.18 Å². The van der Waals surface area contributed by atoms with Crippen LogP contribution in [0.25, 0.3) is 0 Å². The molecular formula is C14H20FN3O. The lowest BCUT2D eigenvalue weighted by Crippen LogP contribution is -2.44. The molecule has 1 aromatic heterocycles. The summed E-state index contributed by atoms with van der Waals surface area (Å²) in [5, 5.41) is 0. The number of pyridine rings is 1. The summed E-state index contributed by atoms with van der Waals surface area (Å²) >= 11 is 0. The molecule has 104 valence electrons. The predicted octanol–water partition coefficient (Wildman–Crippen LogP) is 1.95. The molecule has 0 unspecified atom stereocenters. The minimum atomic E-state index is -0.428. The zero-order chi connectivity index (χ0) is 13.8. The molecule has 1 heterocycles. The smallest absolute Gasteiger partial charge is 0.272 e. The van der Waals surface area contributed by atoms with Gasteiger partial charge in [0.05, 0.1) is 6.20 Å². The van der Waals surface area contributed by atoms with Gasteiger partial charge >= 0.3 is 0 Å². The molecule has 0 aliphatic heterocycles. The van der Waals surface area contributed by atoms with Gasteiger partial charge in [-0.05, 0) is 44.7 Å². The highest BCUT2D eigenvalue weighted by Crippen LogP contribution is 2.23. The first-order valence-electron chi connectivity index (χ1n) is 6.80. The number of rotatable bonds is 3. The van der Waals surface area contributed by atoms with Crippen LogP contribution < -0.4 is 5.73 Å². The van der Waals surface area contributed by atoms with E-state index in [2.05, 4.69) is 4.98 Å². The second kappa shape index (κ2) is 6.10. The van der Waals surface area contributed by atoms with E-state index in [4.69, 9.17) is 5.73 Å². The van der Waals surface area contributed by atoms with E-state index in [1.165, 1.54) is 12.1 Å². The van der Waals surface area contributed by atoms with Gasteiger partial charge in [-0.15, -0.1) is 0 Å². The van der Waals surface area contributed by atoms with Crippen molar-refractivity contribution in [3.63, 3.8) is 0 Å². The molecular weight excluding hydrogens is 245 g/mol. The maximum absolute atomic E-state index is 12.8. The maximum Gasteiger partial charge on any atom is 0.272 e. The summed E-state index contributed by atoms with van der Waals surface area (Å²) in [7, 11) is 0. The minimum Gasteiger partial charge on any atom is -0.335 e. The Kier molecular flexibility index (Phi) is 4.47. The summed E-state index contributed by atoms with van der Waals surface area (Å²) in [6.45, 7) is 2.59. The van der Waals surface area contributed by atoms with Crippen molar-refractivity contribution < 1.29 is 9.18 Å². The molecule has 19 heavy (non-hydrogen) atoms. The molecule has 0 bridgehead atoms. The molecule has 1 fully saturated rings. The van der Waals surface area contributed by atoms with E-state index in [0.29, 0.717) is 12.2 Å². The second-order valence-electron chi connectivity index (χ2n) is 5.02. The van der Waals surface area contributed by atoms with Gasteiger partial charge in [0.25, 0.3) is 5.91 Å². The molecule has 0 radical (unpaired) electrons. The van der Waals surface area contributed by atoms with Crippen molar-refractivity contribution >= 4 is 5.91 Å². The fraction of sp³-hybridized carbons (Fsp3) is 0.571. The van der Waals surface area contributed by atoms with Crippen LogP contribution in [0.5, 0.6) is 0 Å². The second-order valence-corrected chi connectivity index (χ2v) is 5.02. The van der Waals surface area contributed by atoms with Crippen molar-refractivity contribution in [2.24, 2.45) is 5.73 Å². The maximum atomic E-state index is 12.8. The van der Waals surface area contributed by atoms with E-state index < -0.39 is 5.82 Å². The standard InChI is InChI=1S/C14H20FN3O/c1-2-18(12-6-4-11(16)5-7-12)14(19)13-8-3-10(15)9-17-13/h3,8-9,11-12H,2,4-7,16H2,1H3. The third-order valence-corrected chi connectivity index (χ3v) is 3.73. The van der Waals surface area contributed by atoms with Gasteiger partial charge in [0, 0.05) is 18.6 Å². The van der Waals surface area contributed by atoms with Crippen LogP contribution in [0.2, 0.25) is 0 Å². The molecule has 0 spiro atoms. The number of amides is 1. The fourth-order valence-corrected chi connectivity index (χ4v) is 2.63. The molecule has 4 nitrogen and oxygen atoms in total. The molecule has 1 aromatic rings. The van der Waals surface area contributed by atoms with Crippen LogP contribution in [0.1, 0.15) is 43.1 Å². The van der Waals surface area contributed by atoms with Gasteiger partial charge in [0.2, 0.25) is 0 Å². The van der Waals surface area contributed by atoms with Gasteiger partial charge in [0.1, 0.15) is 11.5 Å². The molecule has 0 aromatic carbocycles. The van der Waals surface area contributed by atoms with Crippen LogP contribution in [-0.2, 0) is 0 Å². The van der Waals surface area contributed by atoms with E-state index in [1.807, 2.05) is 11.8 Å². The summed E-state index contributed by atoms with van der Waals surface area (Å²) in [5.41, 5.74) is 6.19. The van der Waals surface area contributed by atoms with Crippen LogP contribution in [-0.4, -0.2) is 34.4 Å². The van der Waals surface area contributed by atoms with Crippen molar-refractivity contribution in [3.05, 3.63) is 29.8 Å². The number of halogens is 1. The van der Waals surface area contributed by atoms with Crippen LogP contribution in [0.4, 0.5) is 4.39 Å². The average molecular weight is 265 g/mol. The Morgan fingerprint density at radius 2 is 2.11 bits per heavy atom. The normalized spacial score (nSPS) is 23.1. The number of aromatic nitrogens is 1. The predicted molar refractivity (Wildman–Crippen MR) is 71.1 cm³/mol.